The number of amides is 1. The Kier molecular flexibility index (Phi) is 4.43. The fraction of sp³-hybridized carbons (Fsp3) is 0.214. The number of hydrogen-bond donors (Lipinski definition) is 3. The van der Waals surface area contributed by atoms with Crippen molar-refractivity contribution in [1.29, 1.82) is 0 Å². The van der Waals surface area contributed by atoms with E-state index in [0.717, 1.165) is 0 Å². The van der Waals surface area contributed by atoms with E-state index in [0.29, 0.717) is 5.56 Å². The Bertz CT molecular complexity index is 698. The number of nitrogens with one attached hydrogen (secondary N) is 1. The molecule has 22 heavy (non-hydrogen) atoms. The van der Waals surface area contributed by atoms with Crippen molar-refractivity contribution in [2.75, 3.05) is 12.3 Å². The molecule has 1 aromatic heterocycles. The molecule has 1 amide bonds. The highest BCUT2D eigenvalue weighted by Crippen LogP contribution is 2.25. The van der Waals surface area contributed by atoms with E-state index in [9.17, 15) is 20.0 Å². The normalized spacial score (nSPS) is 13.4. The molecule has 1 atom stereocenters. The number of nitrogens with zero attached hydrogens (tertiary/aromatic N) is 1. The van der Waals surface area contributed by atoms with Gasteiger partial charge in [-0.25, -0.2) is 0 Å². The minimum absolute atomic E-state index is 0.0156. The second kappa shape index (κ2) is 6.12. The first-order valence-electron chi connectivity index (χ1n) is 6.39. The molecule has 0 fully saturated rings. The van der Waals surface area contributed by atoms with Gasteiger partial charge in [-0.1, -0.05) is 6.07 Å². The van der Waals surface area contributed by atoms with Crippen LogP contribution in [0.1, 0.15) is 22.8 Å². The molecule has 0 saturated carbocycles. The maximum atomic E-state index is 12.2. The molecule has 0 aliphatic heterocycles. The van der Waals surface area contributed by atoms with Crippen LogP contribution >= 0.6 is 11.3 Å². The van der Waals surface area contributed by atoms with Crippen LogP contribution in [0.15, 0.2) is 35.0 Å². The second-order valence-corrected chi connectivity index (χ2v) is 5.75. The number of aliphatic hydroxyl groups is 1. The van der Waals surface area contributed by atoms with Crippen LogP contribution in [0.2, 0.25) is 0 Å². The van der Waals surface area contributed by atoms with Crippen molar-refractivity contribution in [2.24, 2.45) is 0 Å². The fourth-order valence-corrected chi connectivity index (χ4v) is 2.75. The molecule has 4 N–H and O–H groups in total. The van der Waals surface area contributed by atoms with Crippen LogP contribution in [-0.4, -0.2) is 22.5 Å². The van der Waals surface area contributed by atoms with Gasteiger partial charge in [0.05, 0.1) is 17.2 Å². The second-order valence-electron chi connectivity index (χ2n) is 4.97. The molecule has 1 unspecified atom stereocenters. The zero-order valence-corrected chi connectivity index (χ0v) is 12.6. The van der Waals surface area contributed by atoms with Gasteiger partial charge in [-0.15, -0.1) is 0 Å². The Balaban J connectivity index is 2.19. The summed E-state index contributed by atoms with van der Waals surface area (Å²) in [6.45, 7) is 1.46. The standard InChI is InChI=1S/C14H15N3O4S/c1-14(19,9-5-6-22-7-9)8-16-13(18)12-10(15)3-2-4-11(12)17(20)21/h2-7,19H,8,15H2,1H3,(H,16,18). The van der Waals surface area contributed by atoms with Crippen molar-refractivity contribution in [3.05, 3.63) is 56.3 Å². The van der Waals surface area contributed by atoms with Gasteiger partial charge in [0.15, 0.2) is 0 Å². The summed E-state index contributed by atoms with van der Waals surface area (Å²) < 4.78 is 0. The van der Waals surface area contributed by atoms with Crippen molar-refractivity contribution in [3.63, 3.8) is 0 Å². The molecule has 2 rings (SSSR count). The molecule has 0 radical (unpaired) electrons. The van der Waals surface area contributed by atoms with Crippen LogP contribution in [0.4, 0.5) is 11.4 Å². The number of carbonyl (C=O) groups excluding carboxylic acids is 1. The van der Waals surface area contributed by atoms with E-state index in [1.807, 2.05) is 5.38 Å². The molecule has 0 spiro atoms. The Morgan fingerprint density at radius 1 is 1.50 bits per heavy atom. The van der Waals surface area contributed by atoms with Gasteiger partial charge >= 0.3 is 0 Å². The van der Waals surface area contributed by atoms with E-state index in [1.54, 1.807) is 18.4 Å². The van der Waals surface area contributed by atoms with E-state index in [4.69, 9.17) is 5.73 Å². The molecule has 2 aromatic rings. The number of nitro benzene ring substituents is 1. The van der Waals surface area contributed by atoms with Gasteiger partial charge in [0.25, 0.3) is 11.6 Å². The molecule has 7 nitrogen and oxygen atoms in total. The predicted octanol–water partition coefficient (Wildman–Crippen LogP) is 1.88. The quantitative estimate of drug-likeness (QED) is 0.441. The van der Waals surface area contributed by atoms with Crippen molar-refractivity contribution in [3.8, 4) is 0 Å². The van der Waals surface area contributed by atoms with Crippen molar-refractivity contribution in [1.82, 2.24) is 5.32 Å². The van der Waals surface area contributed by atoms with Crippen LogP contribution in [0.25, 0.3) is 0 Å². The van der Waals surface area contributed by atoms with Crippen molar-refractivity contribution in [2.45, 2.75) is 12.5 Å². The average Bonchev–Trinajstić information content (AvgIpc) is 2.99. The lowest BCUT2D eigenvalue weighted by atomic mass is 9.99. The van der Waals surface area contributed by atoms with Gasteiger partial charge in [-0.05, 0) is 35.4 Å². The van der Waals surface area contributed by atoms with Gasteiger partial charge < -0.3 is 16.2 Å². The van der Waals surface area contributed by atoms with Gasteiger partial charge in [-0.2, -0.15) is 11.3 Å². The molecular formula is C14H15N3O4S. The molecule has 1 aromatic carbocycles. The van der Waals surface area contributed by atoms with Gasteiger partial charge in [0.2, 0.25) is 0 Å². The van der Waals surface area contributed by atoms with Gasteiger partial charge in [0.1, 0.15) is 11.2 Å². The van der Waals surface area contributed by atoms with Crippen molar-refractivity contribution >= 4 is 28.6 Å². The van der Waals surface area contributed by atoms with Gasteiger partial charge in [-0.3, -0.25) is 14.9 Å². The number of anilines is 1. The third-order valence-electron chi connectivity index (χ3n) is 3.23. The summed E-state index contributed by atoms with van der Waals surface area (Å²) in [6.07, 6.45) is 0. The lowest BCUT2D eigenvalue weighted by molar-refractivity contribution is -0.385. The fourth-order valence-electron chi connectivity index (χ4n) is 1.97. The first kappa shape index (κ1) is 15.9. The van der Waals surface area contributed by atoms with E-state index >= 15 is 0 Å². The maximum Gasteiger partial charge on any atom is 0.284 e. The summed E-state index contributed by atoms with van der Waals surface area (Å²) in [6, 6.07) is 5.78. The highest BCUT2D eigenvalue weighted by atomic mass is 32.1. The Morgan fingerprint density at radius 3 is 2.82 bits per heavy atom. The van der Waals surface area contributed by atoms with Crippen LogP contribution in [-0.2, 0) is 5.60 Å². The summed E-state index contributed by atoms with van der Waals surface area (Å²) in [4.78, 5) is 22.5. The summed E-state index contributed by atoms with van der Waals surface area (Å²) in [5.41, 5.74) is 4.51. The van der Waals surface area contributed by atoms with E-state index in [1.165, 1.54) is 29.5 Å². The van der Waals surface area contributed by atoms with E-state index in [2.05, 4.69) is 5.32 Å². The van der Waals surface area contributed by atoms with Crippen LogP contribution in [0, 0.1) is 10.1 Å². The third kappa shape index (κ3) is 3.23. The topological polar surface area (TPSA) is 118 Å². The number of hydrogen-bond acceptors (Lipinski definition) is 6. The smallest absolute Gasteiger partial charge is 0.284 e. The Labute approximate surface area is 130 Å². The Hall–Kier alpha value is -2.45. The summed E-state index contributed by atoms with van der Waals surface area (Å²) in [5, 5.41) is 27.4. The SMILES string of the molecule is CC(O)(CNC(=O)c1c(N)cccc1[N+](=O)[O-])c1ccsc1. The van der Waals surface area contributed by atoms with Crippen LogP contribution in [0.3, 0.4) is 0 Å². The van der Waals surface area contributed by atoms with E-state index in [-0.39, 0.29) is 23.5 Å². The number of thiophene rings is 1. The molecule has 1 heterocycles. The number of carbonyl (C=O) groups is 1. The first-order valence-corrected chi connectivity index (χ1v) is 7.33. The van der Waals surface area contributed by atoms with Crippen molar-refractivity contribution < 1.29 is 14.8 Å². The monoisotopic (exact) mass is 321 g/mol. The summed E-state index contributed by atoms with van der Waals surface area (Å²) >= 11 is 1.42. The first-order chi connectivity index (χ1) is 10.3. The van der Waals surface area contributed by atoms with E-state index < -0.39 is 16.4 Å². The van der Waals surface area contributed by atoms with Crippen LogP contribution < -0.4 is 11.1 Å². The highest BCUT2D eigenvalue weighted by molar-refractivity contribution is 7.08. The molecular weight excluding hydrogens is 306 g/mol. The number of nitrogens with two attached hydrogens (primary N) is 1. The largest absolute Gasteiger partial charge is 0.398 e. The molecule has 0 aliphatic carbocycles. The predicted molar refractivity (Wildman–Crippen MR) is 83.7 cm³/mol. The number of benzene rings is 1. The average molecular weight is 321 g/mol. The zero-order chi connectivity index (χ0) is 16.3. The van der Waals surface area contributed by atoms with Gasteiger partial charge in [0, 0.05) is 6.07 Å². The molecule has 8 heteroatoms. The lowest BCUT2D eigenvalue weighted by Crippen LogP contribution is -2.38. The Morgan fingerprint density at radius 2 is 2.23 bits per heavy atom. The number of nitrogen functional groups attached to an aromatic ring is 1. The maximum absolute atomic E-state index is 12.2. The highest BCUT2D eigenvalue weighted by Gasteiger charge is 2.27. The third-order valence-corrected chi connectivity index (χ3v) is 3.92. The van der Waals surface area contributed by atoms with Crippen LogP contribution in [0.5, 0.6) is 0 Å². The molecule has 0 bridgehead atoms. The molecule has 116 valence electrons. The summed E-state index contributed by atoms with van der Waals surface area (Å²) in [7, 11) is 0. The zero-order valence-electron chi connectivity index (χ0n) is 11.8. The number of rotatable bonds is 5. The summed E-state index contributed by atoms with van der Waals surface area (Å²) in [5.74, 6) is -0.694. The number of nitro groups is 1. The minimum atomic E-state index is -1.27. The molecule has 0 aliphatic rings. The lowest BCUT2D eigenvalue weighted by Gasteiger charge is -2.22. The molecule has 0 saturated heterocycles. The minimum Gasteiger partial charge on any atom is -0.398 e.